The second-order valence-corrected chi connectivity index (χ2v) is 8.72. The van der Waals surface area contributed by atoms with Crippen LogP contribution in [0.25, 0.3) is 0 Å². The number of piperazine rings is 1. The quantitative estimate of drug-likeness (QED) is 0.586. The Morgan fingerprint density at radius 2 is 2.10 bits per heavy atom. The number of terminal acetylenes is 1. The van der Waals surface area contributed by atoms with Crippen molar-refractivity contribution in [3.63, 3.8) is 0 Å². The summed E-state index contributed by atoms with van der Waals surface area (Å²) in [7, 11) is 0. The first-order valence-electron chi connectivity index (χ1n) is 10.6. The Labute approximate surface area is 186 Å². The fourth-order valence-electron chi connectivity index (χ4n) is 5.24. The number of aryl methyl sites for hydroxylation is 1. The van der Waals surface area contributed by atoms with Crippen LogP contribution in [-0.4, -0.2) is 56.6 Å². The maximum atomic E-state index is 11.6. The van der Waals surface area contributed by atoms with Gasteiger partial charge in [-0.3, -0.25) is 4.90 Å². The molecule has 0 spiro atoms. The van der Waals surface area contributed by atoms with Crippen molar-refractivity contribution in [1.29, 1.82) is 0 Å². The SMILES string of the molecule is C#CC[C@H]1CN(c2nc(Cl)nc3c2CN(C2CCc4ccccc42)C3)CCN1C(=O)O. The summed E-state index contributed by atoms with van der Waals surface area (Å²) < 4.78 is 0. The number of carboxylic acid groups (broad SMARTS) is 1. The number of anilines is 1. The van der Waals surface area contributed by atoms with Crippen molar-refractivity contribution in [2.75, 3.05) is 24.5 Å². The summed E-state index contributed by atoms with van der Waals surface area (Å²) >= 11 is 6.31. The highest BCUT2D eigenvalue weighted by molar-refractivity contribution is 6.28. The molecule has 1 unspecified atom stereocenters. The Hall–Kier alpha value is -2.82. The molecule has 3 aliphatic rings. The summed E-state index contributed by atoms with van der Waals surface area (Å²) in [5, 5.41) is 9.75. The van der Waals surface area contributed by atoms with Gasteiger partial charge in [0.1, 0.15) is 5.82 Å². The lowest BCUT2D eigenvalue weighted by atomic mass is 10.1. The number of carbonyl (C=O) groups is 1. The van der Waals surface area contributed by atoms with E-state index in [4.69, 9.17) is 18.0 Å². The lowest BCUT2D eigenvalue weighted by molar-refractivity contribution is 0.119. The molecule has 1 amide bonds. The van der Waals surface area contributed by atoms with Gasteiger partial charge in [-0.25, -0.2) is 14.8 Å². The van der Waals surface area contributed by atoms with Gasteiger partial charge in [0.2, 0.25) is 5.28 Å². The van der Waals surface area contributed by atoms with E-state index in [1.54, 1.807) is 0 Å². The number of nitrogens with zero attached hydrogens (tertiary/aromatic N) is 5. The number of amides is 1. The van der Waals surface area contributed by atoms with Crippen LogP contribution >= 0.6 is 11.6 Å². The first-order valence-corrected chi connectivity index (χ1v) is 11.0. The molecule has 7 nitrogen and oxygen atoms in total. The van der Waals surface area contributed by atoms with Crippen molar-refractivity contribution in [3.05, 3.63) is 51.9 Å². The fraction of sp³-hybridized carbons (Fsp3) is 0.435. The number of benzene rings is 1. The van der Waals surface area contributed by atoms with Crippen LogP contribution in [0.5, 0.6) is 0 Å². The zero-order valence-electron chi connectivity index (χ0n) is 17.2. The standard InChI is InChI=1S/C23H24ClN5O2/c1-2-5-16-12-27(10-11-29(16)23(30)31)21-18-13-28(14-19(18)25-22(24)26-21)20-9-8-15-6-3-4-7-17(15)20/h1,3-4,6-7,16,20H,5,8-14H2,(H,30,31)/t16-,20?/m0/s1. The molecule has 5 rings (SSSR count). The van der Waals surface area contributed by atoms with E-state index in [1.807, 2.05) is 0 Å². The smallest absolute Gasteiger partial charge is 0.407 e. The molecule has 0 radical (unpaired) electrons. The number of halogens is 1. The van der Waals surface area contributed by atoms with Crippen LogP contribution in [0.3, 0.4) is 0 Å². The van der Waals surface area contributed by atoms with Gasteiger partial charge in [-0.1, -0.05) is 24.3 Å². The van der Waals surface area contributed by atoms with E-state index in [0.717, 1.165) is 43.0 Å². The minimum atomic E-state index is -0.933. The third-order valence-electron chi connectivity index (χ3n) is 6.68. The maximum absolute atomic E-state index is 11.6. The Morgan fingerprint density at radius 3 is 2.90 bits per heavy atom. The summed E-state index contributed by atoms with van der Waals surface area (Å²) in [6, 6.07) is 8.76. The van der Waals surface area contributed by atoms with Gasteiger partial charge in [0, 0.05) is 50.7 Å². The lowest BCUT2D eigenvalue weighted by Crippen LogP contribution is -2.55. The predicted molar refractivity (Wildman–Crippen MR) is 118 cm³/mol. The molecule has 1 fully saturated rings. The van der Waals surface area contributed by atoms with Gasteiger partial charge in [-0.15, -0.1) is 12.3 Å². The van der Waals surface area contributed by atoms with Gasteiger partial charge in [0.05, 0.1) is 11.7 Å². The molecule has 0 saturated carbocycles. The third-order valence-corrected chi connectivity index (χ3v) is 6.85. The largest absolute Gasteiger partial charge is 0.465 e. The molecule has 8 heteroatoms. The summed E-state index contributed by atoms with van der Waals surface area (Å²) in [6.07, 6.45) is 7.14. The molecule has 160 valence electrons. The topological polar surface area (TPSA) is 72.8 Å². The normalized spacial score (nSPS) is 22.8. The average molecular weight is 438 g/mol. The van der Waals surface area contributed by atoms with E-state index in [2.05, 4.69) is 50.0 Å². The van der Waals surface area contributed by atoms with Crippen molar-refractivity contribution in [2.24, 2.45) is 0 Å². The Morgan fingerprint density at radius 1 is 1.26 bits per heavy atom. The van der Waals surface area contributed by atoms with Crippen LogP contribution in [0.1, 0.15) is 41.3 Å². The van der Waals surface area contributed by atoms with E-state index in [9.17, 15) is 9.90 Å². The maximum Gasteiger partial charge on any atom is 0.407 e. The molecular weight excluding hydrogens is 414 g/mol. The molecule has 0 bridgehead atoms. The minimum Gasteiger partial charge on any atom is -0.465 e. The van der Waals surface area contributed by atoms with Crippen LogP contribution in [0, 0.1) is 12.3 Å². The minimum absolute atomic E-state index is 0.233. The fourth-order valence-corrected chi connectivity index (χ4v) is 5.42. The number of fused-ring (bicyclic) bond motifs is 2. The zero-order valence-corrected chi connectivity index (χ0v) is 17.9. The van der Waals surface area contributed by atoms with Gasteiger partial charge in [0.15, 0.2) is 0 Å². The highest BCUT2D eigenvalue weighted by atomic mass is 35.5. The van der Waals surface area contributed by atoms with Gasteiger partial charge in [-0.05, 0) is 35.6 Å². The van der Waals surface area contributed by atoms with Crippen molar-refractivity contribution < 1.29 is 9.90 Å². The first kappa shape index (κ1) is 20.1. The Bertz CT molecular complexity index is 1070. The van der Waals surface area contributed by atoms with Crippen LogP contribution in [0.15, 0.2) is 24.3 Å². The second-order valence-electron chi connectivity index (χ2n) is 8.38. The van der Waals surface area contributed by atoms with E-state index >= 15 is 0 Å². The average Bonchev–Trinajstić information content (AvgIpc) is 3.37. The van der Waals surface area contributed by atoms with Gasteiger partial charge in [-0.2, -0.15) is 0 Å². The molecular formula is C23H24ClN5O2. The third kappa shape index (κ3) is 3.60. The van der Waals surface area contributed by atoms with E-state index in [1.165, 1.54) is 16.0 Å². The lowest BCUT2D eigenvalue weighted by Gasteiger charge is -2.40. The van der Waals surface area contributed by atoms with Crippen LogP contribution < -0.4 is 4.90 Å². The van der Waals surface area contributed by atoms with Gasteiger partial charge >= 0.3 is 6.09 Å². The van der Waals surface area contributed by atoms with E-state index in [0.29, 0.717) is 32.1 Å². The van der Waals surface area contributed by atoms with Gasteiger partial charge < -0.3 is 14.9 Å². The molecule has 1 N–H and O–H groups in total. The van der Waals surface area contributed by atoms with Crippen molar-refractivity contribution >= 4 is 23.5 Å². The molecule has 1 saturated heterocycles. The predicted octanol–water partition coefficient (Wildman–Crippen LogP) is 3.33. The molecule has 2 aromatic rings. The van der Waals surface area contributed by atoms with Crippen molar-refractivity contribution in [2.45, 2.75) is 44.4 Å². The van der Waals surface area contributed by atoms with E-state index in [-0.39, 0.29) is 11.3 Å². The summed E-state index contributed by atoms with van der Waals surface area (Å²) in [6.45, 7) is 2.95. The monoisotopic (exact) mass is 437 g/mol. The van der Waals surface area contributed by atoms with Crippen LogP contribution in [0.2, 0.25) is 5.28 Å². The molecule has 1 aliphatic carbocycles. The molecule has 1 aromatic carbocycles. The van der Waals surface area contributed by atoms with Gasteiger partial charge in [0.25, 0.3) is 0 Å². The summed E-state index contributed by atoms with van der Waals surface area (Å²) in [4.78, 5) is 26.7. The molecule has 3 heterocycles. The highest BCUT2D eigenvalue weighted by Crippen LogP contribution is 2.41. The molecule has 2 aliphatic heterocycles. The highest BCUT2D eigenvalue weighted by Gasteiger charge is 2.37. The second kappa shape index (κ2) is 8.03. The summed E-state index contributed by atoms with van der Waals surface area (Å²) in [5.41, 5.74) is 4.89. The molecule has 2 atom stereocenters. The van der Waals surface area contributed by atoms with Crippen molar-refractivity contribution in [3.8, 4) is 12.3 Å². The van der Waals surface area contributed by atoms with E-state index < -0.39 is 6.09 Å². The van der Waals surface area contributed by atoms with Crippen molar-refractivity contribution in [1.82, 2.24) is 19.8 Å². The summed E-state index contributed by atoms with van der Waals surface area (Å²) in [5.74, 6) is 3.43. The first-order chi connectivity index (χ1) is 15.0. The van der Waals surface area contributed by atoms with Crippen LogP contribution in [-0.2, 0) is 19.5 Å². The van der Waals surface area contributed by atoms with Crippen LogP contribution in [0.4, 0.5) is 10.6 Å². The number of aromatic nitrogens is 2. The Kier molecular flexibility index (Phi) is 5.20. The number of hydrogen-bond donors (Lipinski definition) is 1. The molecule has 31 heavy (non-hydrogen) atoms. The Balaban J connectivity index is 1.42. The number of hydrogen-bond acceptors (Lipinski definition) is 5. The number of rotatable bonds is 3. The molecule has 1 aromatic heterocycles. The zero-order chi connectivity index (χ0) is 21.5.